The van der Waals surface area contributed by atoms with Crippen molar-refractivity contribution in [3.8, 4) is 0 Å². The molecule has 75 heavy (non-hydrogen) atoms. The highest BCUT2D eigenvalue weighted by Gasteiger charge is 2.61. The zero-order chi connectivity index (χ0) is 53.7. The standard InChI is InChI=1S/C71H84BN3/c1-45-39-62-64-63(40-45)74(58-34-27-50(41-46(58)2)67(9,10)11)60-36-29-52(69(15,16)17)43-57(60)72(64)56-33-32-54(44-61(56)73(62)53-30-25-48(26-31-53)66(6,7)8)75-59-35-28-51(68(12,13)14)42-55(59)71(38-20-19-37-70(71,75)18)49-23-21-47(22-24-49)65(3,4)5/h21-36,39-44H,19-20,37-38H2,1-18H3. The first-order chi connectivity index (χ1) is 35.0. The van der Waals surface area contributed by atoms with Crippen LogP contribution in [0.3, 0.4) is 0 Å². The molecule has 0 N–H and O–H groups in total. The minimum absolute atomic E-state index is 0.0112. The Labute approximate surface area is 452 Å². The molecule has 3 aliphatic heterocycles. The van der Waals surface area contributed by atoms with Crippen molar-refractivity contribution >= 4 is 68.6 Å². The Morgan fingerprint density at radius 1 is 0.400 bits per heavy atom. The van der Waals surface area contributed by atoms with Crippen molar-refractivity contribution in [3.05, 3.63) is 184 Å². The van der Waals surface area contributed by atoms with Crippen LogP contribution in [0, 0.1) is 13.8 Å². The minimum atomic E-state index is -0.225. The molecule has 1 saturated carbocycles. The second kappa shape index (κ2) is 17.0. The first kappa shape index (κ1) is 51.1. The molecule has 0 aromatic heterocycles. The molecule has 0 radical (unpaired) electrons. The summed E-state index contributed by atoms with van der Waals surface area (Å²) in [6, 6.07) is 54.1. The number of anilines is 8. The van der Waals surface area contributed by atoms with Crippen LogP contribution in [-0.2, 0) is 32.5 Å². The molecule has 7 aromatic rings. The summed E-state index contributed by atoms with van der Waals surface area (Å²) in [4.78, 5) is 8.07. The van der Waals surface area contributed by atoms with Gasteiger partial charge in [-0.15, -0.1) is 0 Å². The first-order valence-corrected chi connectivity index (χ1v) is 28.3. The van der Waals surface area contributed by atoms with Crippen LogP contribution < -0.4 is 31.1 Å². The van der Waals surface area contributed by atoms with Crippen molar-refractivity contribution in [2.45, 2.75) is 188 Å². The third kappa shape index (κ3) is 8.04. The van der Waals surface area contributed by atoms with Crippen LogP contribution in [0.4, 0.5) is 45.5 Å². The van der Waals surface area contributed by atoms with Gasteiger partial charge < -0.3 is 14.7 Å². The molecule has 3 nitrogen and oxygen atoms in total. The number of nitrogens with zero attached hydrogens (tertiary/aromatic N) is 3. The molecule has 4 heteroatoms. The zero-order valence-electron chi connectivity index (χ0n) is 48.9. The molecule has 2 atom stereocenters. The third-order valence-corrected chi connectivity index (χ3v) is 18.3. The Kier molecular flexibility index (Phi) is 11.6. The number of rotatable bonds is 4. The Bertz CT molecular complexity index is 3400. The predicted molar refractivity (Wildman–Crippen MR) is 326 cm³/mol. The van der Waals surface area contributed by atoms with Crippen molar-refractivity contribution in [2.75, 3.05) is 14.7 Å². The van der Waals surface area contributed by atoms with Crippen LogP contribution in [0.15, 0.2) is 133 Å². The Hall–Kier alpha value is -6.00. The number of hydrogen-bond donors (Lipinski definition) is 0. The summed E-state index contributed by atoms with van der Waals surface area (Å²) < 4.78 is 0. The number of benzene rings is 7. The number of hydrogen-bond acceptors (Lipinski definition) is 3. The highest BCUT2D eigenvalue weighted by Crippen LogP contribution is 2.64. The van der Waals surface area contributed by atoms with E-state index < -0.39 is 0 Å². The maximum absolute atomic E-state index is 2.82. The molecular weight excluding hydrogens is 906 g/mol. The smallest absolute Gasteiger partial charge is 0.252 e. The van der Waals surface area contributed by atoms with E-state index in [9.17, 15) is 0 Å². The lowest BCUT2D eigenvalue weighted by Crippen LogP contribution is -2.61. The fourth-order valence-corrected chi connectivity index (χ4v) is 13.9. The van der Waals surface area contributed by atoms with Crippen LogP contribution in [0.25, 0.3) is 0 Å². The van der Waals surface area contributed by atoms with Gasteiger partial charge in [-0.1, -0.05) is 196 Å². The summed E-state index contributed by atoms with van der Waals surface area (Å²) in [5.41, 5.74) is 26.2. The largest absolute Gasteiger partial charge is 0.334 e. The molecule has 7 aromatic carbocycles. The van der Waals surface area contributed by atoms with Crippen molar-refractivity contribution < 1.29 is 0 Å². The van der Waals surface area contributed by atoms with Crippen LogP contribution >= 0.6 is 0 Å². The highest BCUT2D eigenvalue weighted by atomic mass is 15.3. The second-order valence-corrected chi connectivity index (χ2v) is 28.7. The van der Waals surface area contributed by atoms with Crippen LogP contribution in [-0.4, -0.2) is 12.3 Å². The van der Waals surface area contributed by atoms with Gasteiger partial charge in [0, 0.05) is 50.9 Å². The number of aryl methyl sites for hydroxylation is 2. The molecule has 1 aliphatic carbocycles. The van der Waals surface area contributed by atoms with Gasteiger partial charge >= 0.3 is 0 Å². The maximum Gasteiger partial charge on any atom is 0.252 e. The lowest BCUT2D eigenvalue weighted by molar-refractivity contribution is 0.215. The molecule has 3 heterocycles. The highest BCUT2D eigenvalue weighted by molar-refractivity contribution is 7.00. The monoisotopic (exact) mass is 990 g/mol. The van der Waals surface area contributed by atoms with E-state index in [1.165, 1.54) is 125 Å². The Morgan fingerprint density at radius 2 is 0.880 bits per heavy atom. The SMILES string of the molecule is Cc1cc2c3c(c1)N(c1ccc(C(C)(C)C)cc1C)c1ccc(C(C)(C)C)cc1B3c1ccc(N3c4ccc(C(C)(C)C)cc4C4(c5ccc(C(C)(C)C)cc5)CCCCC34C)cc1N2c1ccc(C(C)(C)C)cc1. The molecule has 386 valence electrons. The van der Waals surface area contributed by atoms with Gasteiger partial charge in [0.05, 0.1) is 5.54 Å². The van der Waals surface area contributed by atoms with Gasteiger partial charge in [0.2, 0.25) is 0 Å². The van der Waals surface area contributed by atoms with Crippen molar-refractivity contribution in [2.24, 2.45) is 0 Å². The van der Waals surface area contributed by atoms with E-state index in [2.05, 4.69) is 273 Å². The summed E-state index contributed by atoms with van der Waals surface area (Å²) in [7, 11) is 0. The molecule has 11 rings (SSSR count). The lowest BCUT2D eigenvalue weighted by atomic mass is 9.33. The average Bonchev–Trinajstić information content (AvgIpc) is 3.67. The fourth-order valence-electron chi connectivity index (χ4n) is 13.9. The summed E-state index contributed by atoms with van der Waals surface area (Å²) in [6.45, 7) is 42.4. The van der Waals surface area contributed by atoms with Gasteiger partial charge in [0.1, 0.15) is 0 Å². The summed E-state index contributed by atoms with van der Waals surface area (Å²) >= 11 is 0. The minimum Gasteiger partial charge on any atom is -0.334 e. The summed E-state index contributed by atoms with van der Waals surface area (Å²) in [6.07, 6.45) is 4.63. The van der Waals surface area contributed by atoms with Gasteiger partial charge in [-0.3, -0.25) is 0 Å². The van der Waals surface area contributed by atoms with E-state index in [0.29, 0.717) is 0 Å². The molecule has 0 amide bonds. The first-order valence-electron chi connectivity index (χ1n) is 28.3. The van der Waals surface area contributed by atoms with E-state index >= 15 is 0 Å². The Balaban J connectivity index is 1.19. The molecule has 1 fully saturated rings. The van der Waals surface area contributed by atoms with Gasteiger partial charge in [0.25, 0.3) is 6.71 Å². The van der Waals surface area contributed by atoms with Gasteiger partial charge in [0.15, 0.2) is 0 Å². The predicted octanol–water partition coefficient (Wildman–Crippen LogP) is 17.6. The van der Waals surface area contributed by atoms with E-state index in [0.717, 1.165) is 12.8 Å². The van der Waals surface area contributed by atoms with E-state index in [-0.39, 0.29) is 44.7 Å². The van der Waals surface area contributed by atoms with E-state index in [1.54, 1.807) is 0 Å². The van der Waals surface area contributed by atoms with Crippen molar-refractivity contribution in [1.82, 2.24) is 0 Å². The molecule has 2 unspecified atom stereocenters. The fraction of sp³-hybridized carbons (Fsp3) is 0.408. The average molecular weight is 990 g/mol. The van der Waals surface area contributed by atoms with Crippen LogP contribution in [0.1, 0.15) is 187 Å². The quantitative estimate of drug-likeness (QED) is 0.163. The van der Waals surface area contributed by atoms with Crippen LogP contribution in [0.2, 0.25) is 0 Å². The molecular formula is C71H84BN3. The van der Waals surface area contributed by atoms with E-state index in [4.69, 9.17) is 0 Å². The van der Waals surface area contributed by atoms with Gasteiger partial charge in [-0.05, 0) is 182 Å². The van der Waals surface area contributed by atoms with Crippen LogP contribution in [0.5, 0.6) is 0 Å². The topological polar surface area (TPSA) is 9.72 Å². The summed E-state index contributed by atoms with van der Waals surface area (Å²) in [5, 5.41) is 0. The summed E-state index contributed by atoms with van der Waals surface area (Å²) in [5.74, 6) is 0. The van der Waals surface area contributed by atoms with Crippen molar-refractivity contribution in [3.63, 3.8) is 0 Å². The Morgan fingerprint density at radius 3 is 1.45 bits per heavy atom. The van der Waals surface area contributed by atoms with Gasteiger partial charge in [-0.2, -0.15) is 0 Å². The zero-order valence-corrected chi connectivity index (χ0v) is 48.9. The van der Waals surface area contributed by atoms with Crippen molar-refractivity contribution in [1.29, 1.82) is 0 Å². The third-order valence-electron chi connectivity index (χ3n) is 18.3. The molecule has 0 bridgehead atoms. The maximum atomic E-state index is 2.82. The lowest BCUT2D eigenvalue weighted by Gasteiger charge is -2.52. The molecule has 4 aliphatic rings. The van der Waals surface area contributed by atoms with Gasteiger partial charge in [-0.25, -0.2) is 0 Å². The normalized spacial score (nSPS) is 19.4. The van der Waals surface area contributed by atoms with E-state index in [1.807, 2.05) is 0 Å². The number of fused-ring (bicyclic) bond motifs is 7. The molecule has 0 spiro atoms. The molecule has 0 saturated heterocycles. The second-order valence-electron chi connectivity index (χ2n) is 28.7.